The van der Waals surface area contributed by atoms with Crippen molar-refractivity contribution in [1.29, 1.82) is 0 Å². The number of hydrogen-bond donors (Lipinski definition) is 1. The zero-order chi connectivity index (χ0) is 12.3. The number of halogens is 1. The van der Waals surface area contributed by atoms with Gasteiger partial charge in [0.1, 0.15) is 0 Å². The van der Waals surface area contributed by atoms with Gasteiger partial charge in [0.2, 0.25) is 0 Å². The fraction of sp³-hybridized carbons (Fsp3) is 0.571. The Kier molecular flexibility index (Phi) is 4.46. The first-order valence-corrected chi connectivity index (χ1v) is 7.24. The molecule has 0 amide bonds. The van der Waals surface area contributed by atoms with Gasteiger partial charge in [-0.2, -0.15) is 0 Å². The zero-order valence-electron chi connectivity index (χ0n) is 10.6. The molecule has 0 aromatic heterocycles. The summed E-state index contributed by atoms with van der Waals surface area (Å²) in [6, 6.07) is 9.22. The Morgan fingerprint density at radius 1 is 1.53 bits per heavy atom. The summed E-state index contributed by atoms with van der Waals surface area (Å²) in [6.07, 6.45) is 1.24. The van der Waals surface area contributed by atoms with Crippen LogP contribution in [-0.2, 0) is 0 Å². The summed E-state index contributed by atoms with van der Waals surface area (Å²) in [7, 11) is 0. The fourth-order valence-electron chi connectivity index (χ4n) is 2.35. The Morgan fingerprint density at radius 2 is 2.35 bits per heavy atom. The van der Waals surface area contributed by atoms with Crippen LogP contribution < -0.4 is 10.2 Å². The first kappa shape index (κ1) is 12.9. The lowest BCUT2D eigenvalue weighted by Crippen LogP contribution is -2.53. The van der Waals surface area contributed by atoms with Crippen molar-refractivity contribution in [3.05, 3.63) is 28.7 Å². The molecule has 0 saturated carbocycles. The molecule has 1 fully saturated rings. The van der Waals surface area contributed by atoms with Crippen molar-refractivity contribution >= 4 is 21.6 Å². The highest BCUT2D eigenvalue weighted by Gasteiger charge is 2.23. The van der Waals surface area contributed by atoms with Crippen molar-refractivity contribution < 1.29 is 0 Å². The third-order valence-electron chi connectivity index (χ3n) is 3.71. The molecule has 2 atom stereocenters. The number of rotatable bonds is 3. The monoisotopic (exact) mass is 296 g/mol. The molecular weight excluding hydrogens is 276 g/mol. The molecule has 94 valence electrons. The minimum absolute atomic E-state index is 0.618. The second-order valence-corrected chi connectivity index (χ2v) is 5.79. The van der Waals surface area contributed by atoms with Gasteiger partial charge in [-0.05, 0) is 24.1 Å². The Labute approximate surface area is 113 Å². The summed E-state index contributed by atoms with van der Waals surface area (Å²) < 4.78 is 1.16. The van der Waals surface area contributed by atoms with Gasteiger partial charge in [0.15, 0.2) is 0 Å². The first-order chi connectivity index (χ1) is 8.20. The molecule has 0 bridgehead atoms. The molecule has 2 rings (SSSR count). The van der Waals surface area contributed by atoms with Crippen LogP contribution in [0.5, 0.6) is 0 Å². The van der Waals surface area contributed by atoms with Gasteiger partial charge in [-0.1, -0.05) is 42.3 Å². The highest BCUT2D eigenvalue weighted by molar-refractivity contribution is 9.10. The molecule has 2 unspecified atom stereocenters. The fourth-order valence-corrected chi connectivity index (χ4v) is 2.74. The van der Waals surface area contributed by atoms with E-state index in [2.05, 4.69) is 64.3 Å². The van der Waals surface area contributed by atoms with Crippen LogP contribution in [0.1, 0.15) is 20.3 Å². The van der Waals surface area contributed by atoms with Crippen LogP contribution in [0, 0.1) is 5.92 Å². The Morgan fingerprint density at radius 3 is 3.06 bits per heavy atom. The normalized spacial score (nSPS) is 22.5. The number of nitrogens with one attached hydrogen (secondary N) is 1. The smallest absolute Gasteiger partial charge is 0.0378 e. The second-order valence-electron chi connectivity index (χ2n) is 4.87. The standard InChI is InChI=1S/C14H21BrN2/c1-3-11(2)14-10-17(8-7-16-14)13-6-4-5-12(15)9-13/h4-6,9,11,14,16H,3,7-8,10H2,1-2H3. The lowest BCUT2D eigenvalue weighted by molar-refractivity contribution is 0.342. The average Bonchev–Trinajstić information content (AvgIpc) is 2.38. The van der Waals surface area contributed by atoms with E-state index in [4.69, 9.17) is 0 Å². The molecule has 0 aliphatic carbocycles. The van der Waals surface area contributed by atoms with Crippen LogP contribution >= 0.6 is 15.9 Å². The number of hydrogen-bond acceptors (Lipinski definition) is 2. The van der Waals surface area contributed by atoms with Crippen molar-refractivity contribution in [2.45, 2.75) is 26.3 Å². The molecule has 17 heavy (non-hydrogen) atoms. The molecule has 1 aromatic carbocycles. The molecule has 1 aliphatic rings. The molecule has 0 radical (unpaired) electrons. The van der Waals surface area contributed by atoms with E-state index >= 15 is 0 Å². The van der Waals surface area contributed by atoms with E-state index in [9.17, 15) is 0 Å². The van der Waals surface area contributed by atoms with Gasteiger partial charge in [-0.15, -0.1) is 0 Å². The number of anilines is 1. The van der Waals surface area contributed by atoms with E-state index < -0.39 is 0 Å². The maximum Gasteiger partial charge on any atom is 0.0378 e. The first-order valence-electron chi connectivity index (χ1n) is 6.44. The van der Waals surface area contributed by atoms with Crippen LogP contribution in [-0.4, -0.2) is 25.7 Å². The van der Waals surface area contributed by atoms with Crippen LogP contribution in [0.4, 0.5) is 5.69 Å². The summed E-state index contributed by atoms with van der Waals surface area (Å²) in [4.78, 5) is 2.48. The van der Waals surface area contributed by atoms with Crippen molar-refractivity contribution in [1.82, 2.24) is 5.32 Å². The quantitative estimate of drug-likeness (QED) is 0.921. The third-order valence-corrected chi connectivity index (χ3v) is 4.20. The van der Waals surface area contributed by atoms with Gasteiger partial charge in [0.25, 0.3) is 0 Å². The van der Waals surface area contributed by atoms with Gasteiger partial charge in [-0.25, -0.2) is 0 Å². The number of nitrogens with zero attached hydrogens (tertiary/aromatic N) is 1. The second kappa shape index (κ2) is 5.87. The molecule has 1 heterocycles. The summed E-state index contributed by atoms with van der Waals surface area (Å²) in [5, 5.41) is 3.63. The van der Waals surface area contributed by atoms with Gasteiger partial charge in [0, 0.05) is 35.8 Å². The SMILES string of the molecule is CCC(C)C1CN(c2cccc(Br)c2)CCN1. The van der Waals surface area contributed by atoms with Crippen molar-refractivity contribution in [3.63, 3.8) is 0 Å². The zero-order valence-corrected chi connectivity index (χ0v) is 12.2. The van der Waals surface area contributed by atoms with E-state index in [1.807, 2.05) is 0 Å². The van der Waals surface area contributed by atoms with Crippen LogP contribution in [0.3, 0.4) is 0 Å². The van der Waals surface area contributed by atoms with Gasteiger partial charge >= 0.3 is 0 Å². The van der Waals surface area contributed by atoms with E-state index in [1.54, 1.807) is 0 Å². The van der Waals surface area contributed by atoms with Crippen molar-refractivity contribution in [2.24, 2.45) is 5.92 Å². The van der Waals surface area contributed by atoms with Crippen molar-refractivity contribution in [2.75, 3.05) is 24.5 Å². The molecule has 0 spiro atoms. The summed E-state index contributed by atoms with van der Waals surface area (Å²) >= 11 is 3.54. The largest absolute Gasteiger partial charge is 0.369 e. The van der Waals surface area contributed by atoms with E-state index in [1.165, 1.54) is 12.1 Å². The summed E-state index contributed by atoms with van der Waals surface area (Å²) in [5.41, 5.74) is 1.33. The lowest BCUT2D eigenvalue weighted by atomic mass is 9.97. The molecule has 1 aromatic rings. The predicted molar refractivity (Wildman–Crippen MR) is 77.6 cm³/mol. The maximum absolute atomic E-state index is 3.63. The third kappa shape index (κ3) is 3.23. The summed E-state index contributed by atoms with van der Waals surface area (Å²) in [6.45, 7) is 7.91. The maximum atomic E-state index is 3.63. The number of benzene rings is 1. The minimum atomic E-state index is 0.618. The Bertz CT molecular complexity index is 367. The predicted octanol–water partition coefficient (Wildman–Crippen LogP) is 3.27. The highest BCUT2D eigenvalue weighted by Crippen LogP contribution is 2.22. The summed E-state index contributed by atoms with van der Waals surface area (Å²) in [5.74, 6) is 0.741. The van der Waals surface area contributed by atoms with Gasteiger partial charge < -0.3 is 10.2 Å². The molecule has 1 aliphatic heterocycles. The Balaban J connectivity index is 2.07. The molecule has 1 saturated heterocycles. The molecule has 1 N–H and O–H groups in total. The average molecular weight is 297 g/mol. The van der Waals surface area contributed by atoms with E-state index in [0.29, 0.717) is 6.04 Å². The number of piperazine rings is 1. The van der Waals surface area contributed by atoms with Crippen molar-refractivity contribution in [3.8, 4) is 0 Å². The lowest BCUT2D eigenvalue weighted by Gasteiger charge is -2.38. The van der Waals surface area contributed by atoms with E-state index in [-0.39, 0.29) is 0 Å². The highest BCUT2D eigenvalue weighted by atomic mass is 79.9. The van der Waals surface area contributed by atoms with Crippen LogP contribution in [0.15, 0.2) is 28.7 Å². The molecule has 2 nitrogen and oxygen atoms in total. The molecular formula is C14H21BrN2. The van der Waals surface area contributed by atoms with Crippen LogP contribution in [0.25, 0.3) is 0 Å². The molecule has 3 heteroatoms. The topological polar surface area (TPSA) is 15.3 Å². The van der Waals surface area contributed by atoms with Gasteiger partial charge in [0.05, 0.1) is 0 Å². The minimum Gasteiger partial charge on any atom is -0.369 e. The Hall–Kier alpha value is -0.540. The van der Waals surface area contributed by atoms with Crippen LogP contribution in [0.2, 0.25) is 0 Å². The van der Waals surface area contributed by atoms with Gasteiger partial charge in [-0.3, -0.25) is 0 Å². The van der Waals surface area contributed by atoms with E-state index in [0.717, 1.165) is 30.0 Å².